The van der Waals surface area contributed by atoms with E-state index in [2.05, 4.69) is 9.97 Å². The Morgan fingerprint density at radius 3 is 2.58 bits per heavy atom. The summed E-state index contributed by atoms with van der Waals surface area (Å²) in [5.41, 5.74) is 4.75. The van der Waals surface area contributed by atoms with Crippen LogP contribution in [0.2, 0.25) is 0 Å². The minimum Gasteiger partial charge on any atom is -0.385 e. The van der Waals surface area contributed by atoms with Gasteiger partial charge >= 0.3 is 5.69 Å². The molecule has 0 saturated carbocycles. The van der Waals surface area contributed by atoms with Crippen LogP contribution in [-0.4, -0.2) is 15.9 Å². The molecule has 5 heteroatoms. The summed E-state index contributed by atoms with van der Waals surface area (Å²) in [4.78, 5) is 24.9. The van der Waals surface area contributed by atoms with Gasteiger partial charge in [-0.2, -0.15) is 0 Å². The smallest absolute Gasteiger partial charge is 0.346 e. The maximum Gasteiger partial charge on any atom is 0.346 e. The first-order valence-corrected chi connectivity index (χ1v) is 3.17. The van der Waals surface area contributed by atoms with E-state index in [9.17, 15) is 4.79 Å². The van der Waals surface area contributed by atoms with Gasteiger partial charge in [0, 0.05) is 6.20 Å². The second-order valence-corrected chi connectivity index (χ2v) is 1.74. The highest BCUT2D eigenvalue weighted by molar-refractivity contribution is 5.43. The van der Waals surface area contributed by atoms with Crippen molar-refractivity contribution in [3.63, 3.8) is 0 Å². The number of hydrogen-bond donors (Lipinski definition) is 2. The Labute approximate surface area is 68.9 Å². The quantitative estimate of drug-likeness (QED) is 0.521. The van der Waals surface area contributed by atoms with Gasteiger partial charge in [-0.3, -0.25) is 4.98 Å². The van der Waals surface area contributed by atoms with Crippen LogP contribution in [-0.2, 0) is 4.79 Å². The van der Waals surface area contributed by atoms with Crippen LogP contribution < -0.4 is 11.4 Å². The van der Waals surface area contributed by atoms with Crippen LogP contribution >= 0.6 is 0 Å². The normalized spacial score (nSPS) is 7.42. The van der Waals surface area contributed by atoms with Gasteiger partial charge in [0.15, 0.2) is 0 Å². The van der Waals surface area contributed by atoms with E-state index in [-0.39, 0.29) is 0 Å². The second kappa shape index (κ2) is 5.88. The maximum absolute atomic E-state index is 10.2. The molecule has 3 N–H and O–H groups in total. The van der Waals surface area contributed by atoms with Crippen molar-refractivity contribution < 1.29 is 4.79 Å². The molecule has 1 rings (SSSR count). The third kappa shape index (κ3) is 4.96. The number of hydrogen-bond acceptors (Lipinski definition) is 4. The van der Waals surface area contributed by atoms with E-state index in [0.29, 0.717) is 5.82 Å². The van der Waals surface area contributed by atoms with Crippen LogP contribution in [0.1, 0.15) is 6.92 Å². The lowest BCUT2D eigenvalue weighted by atomic mass is 10.6. The van der Waals surface area contributed by atoms with Gasteiger partial charge in [0.1, 0.15) is 11.8 Å². The van der Waals surface area contributed by atoms with Gasteiger partial charge in [-0.15, -0.1) is 0 Å². The van der Waals surface area contributed by atoms with Crippen molar-refractivity contribution in [1.29, 1.82) is 0 Å². The van der Waals surface area contributed by atoms with Gasteiger partial charge < -0.3 is 5.73 Å². The Kier molecular flexibility index (Phi) is 4.96. The van der Waals surface area contributed by atoms with Crippen molar-refractivity contribution in [2.75, 3.05) is 5.73 Å². The molecule has 0 fully saturated rings. The van der Waals surface area contributed by atoms with E-state index in [0.717, 1.165) is 0 Å². The molecule has 0 amide bonds. The van der Waals surface area contributed by atoms with Gasteiger partial charge in [0.25, 0.3) is 0 Å². The number of nitrogen functional groups attached to an aromatic ring is 1. The number of H-pyrrole nitrogens is 1. The number of nitrogens with two attached hydrogens (primary N) is 1. The molecule has 0 radical (unpaired) electrons. The number of allylic oxidation sites excluding steroid dienone is 1. The van der Waals surface area contributed by atoms with E-state index < -0.39 is 5.69 Å². The van der Waals surface area contributed by atoms with Crippen molar-refractivity contribution in [3.8, 4) is 0 Å². The number of rotatable bonds is 0. The lowest BCUT2D eigenvalue weighted by Gasteiger charge is -1.84. The maximum atomic E-state index is 10.2. The lowest BCUT2D eigenvalue weighted by Crippen LogP contribution is -2.10. The summed E-state index contributed by atoms with van der Waals surface area (Å²) in [6, 6.07) is 1.52. The highest BCUT2D eigenvalue weighted by Gasteiger charge is 1.80. The van der Waals surface area contributed by atoms with Crippen LogP contribution in [0.15, 0.2) is 23.1 Å². The van der Waals surface area contributed by atoms with E-state index >= 15 is 0 Å². The van der Waals surface area contributed by atoms with E-state index in [1.165, 1.54) is 18.3 Å². The van der Waals surface area contributed by atoms with Gasteiger partial charge in [-0.25, -0.2) is 14.6 Å². The van der Waals surface area contributed by atoms with Gasteiger partial charge in [0.2, 0.25) is 0 Å². The largest absolute Gasteiger partial charge is 0.385 e. The van der Waals surface area contributed by atoms with E-state index in [1.807, 2.05) is 0 Å². The highest BCUT2D eigenvalue weighted by atomic mass is 16.1. The predicted octanol–water partition coefficient (Wildman–Crippen LogP) is -0.254. The van der Waals surface area contributed by atoms with Crippen molar-refractivity contribution in [2.45, 2.75) is 6.92 Å². The van der Waals surface area contributed by atoms with Gasteiger partial charge in [-0.05, 0) is 19.1 Å². The predicted molar refractivity (Wildman–Crippen MR) is 45.2 cm³/mol. The minimum absolute atomic E-state index is 0.338. The molecule has 0 aliphatic rings. The van der Waals surface area contributed by atoms with Gasteiger partial charge in [-0.1, -0.05) is 0 Å². The number of aromatic nitrogens is 2. The molecule has 0 spiro atoms. The summed E-state index contributed by atoms with van der Waals surface area (Å²) >= 11 is 0. The molecular weight excluding hydrogens is 158 g/mol. The molecule has 0 aliphatic heterocycles. The fraction of sp³-hybridized carbons (Fsp3) is 0.143. The number of carbonyl (C=O) groups excluding carboxylic acids is 1. The monoisotopic (exact) mass is 167 g/mol. The molecule has 0 bridgehead atoms. The number of anilines is 1. The summed E-state index contributed by atoms with van der Waals surface area (Å²) in [5.74, 6) is 1.89. The van der Waals surface area contributed by atoms with Crippen molar-refractivity contribution in [1.82, 2.24) is 9.97 Å². The molecule has 64 valence electrons. The zero-order chi connectivity index (χ0) is 9.40. The fourth-order valence-corrected chi connectivity index (χ4v) is 0.383. The molecule has 1 aromatic heterocycles. The minimum atomic E-state index is -0.412. The summed E-state index contributed by atoms with van der Waals surface area (Å²) in [5, 5.41) is 0. The van der Waals surface area contributed by atoms with Crippen LogP contribution in [0.4, 0.5) is 5.82 Å². The average Bonchev–Trinajstić information content (AvgIpc) is 2.04. The first-order chi connectivity index (χ1) is 5.70. The van der Waals surface area contributed by atoms with E-state index in [1.54, 1.807) is 12.9 Å². The molecule has 0 unspecified atom stereocenters. The molecule has 1 aromatic rings. The number of aromatic amines is 1. The third-order valence-electron chi connectivity index (χ3n) is 0.815. The number of nitrogens with one attached hydrogen (secondary N) is 1. The van der Waals surface area contributed by atoms with Crippen molar-refractivity contribution in [2.24, 2.45) is 0 Å². The zero-order valence-electron chi connectivity index (χ0n) is 6.57. The lowest BCUT2D eigenvalue weighted by molar-refractivity contribution is 0.568. The zero-order valence-corrected chi connectivity index (χ0v) is 6.57. The molecule has 0 saturated heterocycles. The van der Waals surface area contributed by atoms with Crippen LogP contribution in [0.3, 0.4) is 0 Å². The van der Waals surface area contributed by atoms with Crippen LogP contribution in [0.25, 0.3) is 0 Å². The Morgan fingerprint density at radius 2 is 2.33 bits per heavy atom. The first-order valence-electron chi connectivity index (χ1n) is 3.17. The van der Waals surface area contributed by atoms with Gasteiger partial charge in [0.05, 0.1) is 0 Å². The molecule has 5 nitrogen and oxygen atoms in total. The summed E-state index contributed by atoms with van der Waals surface area (Å²) < 4.78 is 0. The van der Waals surface area contributed by atoms with Crippen LogP contribution in [0, 0.1) is 0 Å². The Morgan fingerprint density at radius 1 is 1.75 bits per heavy atom. The first kappa shape index (κ1) is 10.1. The molecule has 0 aliphatic carbocycles. The summed E-state index contributed by atoms with van der Waals surface area (Å²) in [7, 11) is 0. The fourth-order valence-electron chi connectivity index (χ4n) is 0.383. The topological polar surface area (TPSA) is 88.8 Å². The van der Waals surface area contributed by atoms with Crippen LogP contribution in [0.5, 0.6) is 0 Å². The summed E-state index contributed by atoms with van der Waals surface area (Å²) in [6.45, 7) is 1.63. The Hall–Kier alpha value is -1.87. The third-order valence-corrected chi connectivity index (χ3v) is 0.815. The highest BCUT2D eigenvalue weighted by Crippen LogP contribution is 1.82. The standard InChI is InChI=1S/C4H5N3O.C3H4O/c5-3-1-2-6-4(8)7-3;1-2-3-4/h1-2H,(H3,5,6,7,8);2H,1H3. The second-order valence-electron chi connectivity index (χ2n) is 1.74. The van der Waals surface area contributed by atoms with Crippen molar-refractivity contribution in [3.05, 3.63) is 28.8 Å². The molecule has 0 aromatic carbocycles. The summed E-state index contributed by atoms with van der Waals surface area (Å²) in [6.07, 6.45) is 2.67. The number of nitrogens with zero attached hydrogens (tertiary/aromatic N) is 1. The Bertz CT molecular complexity index is 325. The Balaban J connectivity index is 0.000000261. The van der Waals surface area contributed by atoms with Crippen molar-refractivity contribution >= 4 is 11.8 Å². The molecule has 0 atom stereocenters. The SMILES string of the molecule is CC=C=O.Nc1ccnc(=O)[nH]1. The molecule has 1 heterocycles. The average molecular weight is 167 g/mol. The van der Waals surface area contributed by atoms with E-state index in [4.69, 9.17) is 10.5 Å². The molecular formula is C7H9N3O2. The molecule has 12 heavy (non-hydrogen) atoms.